The van der Waals surface area contributed by atoms with E-state index in [1.165, 1.54) is 0 Å². The second-order valence-electron chi connectivity index (χ2n) is 4.68. The van der Waals surface area contributed by atoms with E-state index in [1.54, 1.807) is 0 Å². The van der Waals surface area contributed by atoms with Crippen molar-refractivity contribution in [1.82, 2.24) is 9.97 Å². The molecule has 2 N–H and O–H groups in total. The molecule has 1 heterocycles. The number of aromatic amines is 1. The third-order valence-corrected chi connectivity index (χ3v) is 1.81. The van der Waals surface area contributed by atoms with Crippen molar-refractivity contribution in [2.24, 2.45) is 5.41 Å². The Morgan fingerprint density at radius 1 is 1.50 bits per heavy atom. The third kappa shape index (κ3) is 2.78. The molecule has 0 fully saturated rings. The Balaban J connectivity index is 3.21. The Morgan fingerprint density at radius 2 is 2.06 bits per heavy atom. The Bertz CT molecular complexity index is 473. The van der Waals surface area contributed by atoms with Crippen LogP contribution in [0.15, 0.2) is 4.79 Å². The van der Waals surface area contributed by atoms with Crippen LogP contribution in [0.4, 0.5) is 5.69 Å². The second-order valence-corrected chi connectivity index (χ2v) is 4.68. The predicted octanol–water partition coefficient (Wildman–Crippen LogP) is 0.972. The van der Waals surface area contributed by atoms with Gasteiger partial charge in [0, 0.05) is 6.42 Å². The Hall–Kier alpha value is -1.92. The van der Waals surface area contributed by atoms with Crippen LogP contribution >= 0.6 is 0 Å². The molecule has 0 aliphatic rings. The molecule has 1 aromatic rings. The summed E-state index contributed by atoms with van der Waals surface area (Å²) >= 11 is 0. The number of nitrogens with zero attached hydrogens (tertiary/aromatic N) is 2. The maximum Gasteiger partial charge on any atom is 0.395 e. The summed E-state index contributed by atoms with van der Waals surface area (Å²) in [5, 5.41) is 19.7. The fraction of sp³-hybridized carbons (Fsp3) is 0.556. The number of hydrogen-bond acceptors (Lipinski definition) is 5. The molecular formula is C9H13N3O4. The van der Waals surface area contributed by atoms with Crippen molar-refractivity contribution in [1.29, 1.82) is 0 Å². The SMILES string of the molecule is CC(C)(C)Cc1nc(O)c([N+](=O)[O-])c(=O)[nH]1. The summed E-state index contributed by atoms with van der Waals surface area (Å²) in [6.07, 6.45) is 0.411. The Labute approximate surface area is 91.3 Å². The van der Waals surface area contributed by atoms with E-state index in [4.69, 9.17) is 0 Å². The minimum Gasteiger partial charge on any atom is -0.488 e. The van der Waals surface area contributed by atoms with E-state index in [2.05, 4.69) is 9.97 Å². The van der Waals surface area contributed by atoms with Gasteiger partial charge in [0.2, 0.25) is 0 Å². The summed E-state index contributed by atoms with van der Waals surface area (Å²) in [6.45, 7) is 5.77. The first-order chi connectivity index (χ1) is 7.20. The molecule has 0 saturated heterocycles. The highest BCUT2D eigenvalue weighted by Crippen LogP contribution is 2.21. The molecule has 1 rings (SSSR count). The van der Waals surface area contributed by atoms with Gasteiger partial charge in [-0.1, -0.05) is 20.8 Å². The fourth-order valence-electron chi connectivity index (χ4n) is 1.25. The lowest BCUT2D eigenvalue weighted by Crippen LogP contribution is -2.19. The highest BCUT2D eigenvalue weighted by molar-refractivity contribution is 5.36. The standard InChI is InChI=1S/C9H13N3O4/c1-9(2,3)4-5-10-7(13)6(12(15)16)8(14)11-5/h4H2,1-3H3,(H2,10,11,13,14). The van der Waals surface area contributed by atoms with E-state index in [-0.39, 0.29) is 11.2 Å². The summed E-state index contributed by atoms with van der Waals surface area (Å²) < 4.78 is 0. The van der Waals surface area contributed by atoms with E-state index >= 15 is 0 Å². The molecule has 0 saturated carbocycles. The molecule has 7 nitrogen and oxygen atoms in total. The molecule has 0 bridgehead atoms. The highest BCUT2D eigenvalue weighted by Gasteiger charge is 2.23. The van der Waals surface area contributed by atoms with Crippen LogP contribution in [0.3, 0.4) is 0 Å². The lowest BCUT2D eigenvalue weighted by atomic mass is 9.92. The van der Waals surface area contributed by atoms with Gasteiger partial charge >= 0.3 is 11.2 Å². The largest absolute Gasteiger partial charge is 0.488 e. The second kappa shape index (κ2) is 3.92. The van der Waals surface area contributed by atoms with E-state index in [9.17, 15) is 20.0 Å². The molecule has 1 aromatic heterocycles. The number of H-pyrrole nitrogens is 1. The Morgan fingerprint density at radius 3 is 2.44 bits per heavy atom. The van der Waals surface area contributed by atoms with Crippen LogP contribution < -0.4 is 5.56 Å². The molecule has 0 radical (unpaired) electrons. The number of hydrogen-bond donors (Lipinski definition) is 2. The topological polar surface area (TPSA) is 109 Å². The van der Waals surface area contributed by atoms with Crippen LogP contribution in [0, 0.1) is 15.5 Å². The van der Waals surface area contributed by atoms with Gasteiger partial charge in [0.1, 0.15) is 5.82 Å². The quantitative estimate of drug-likeness (QED) is 0.578. The van der Waals surface area contributed by atoms with Gasteiger partial charge in [-0.2, -0.15) is 4.98 Å². The van der Waals surface area contributed by atoms with Crippen molar-refractivity contribution in [3.05, 3.63) is 26.3 Å². The average Bonchev–Trinajstić information content (AvgIpc) is 1.96. The molecule has 0 aromatic carbocycles. The molecule has 0 amide bonds. The predicted molar refractivity (Wildman–Crippen MR) is 56.3 cm³/mol. The smallest absolute Gasteiger partial charge is 0.395 e. The van der Waals surface area contributed by atoms with E-state index in [0.717, 1.165) is 0 Å². The van der Waals surface area contributed by atoms with Gasteiger partial charge in [0.05, 0.1) is 4.92 Å². The molecule has 0 unspecified atom stereocenters. The van der Waals surface area contributed by atoms with Crippen LogP contribution in [0.1, 0.15) is 26.6 Å². The van der Waals surface area contributed by atoms with E-state index in [0.29, 0.717) is 6.42 Å². The van der Waals surface area contributed by atoms with Crippen LogP contribution in [0.2, 0.25) is 0 Å². The molecule has 0 atom stereocenters. The number of aromatic nitrogens is 2. The Kier molecular flexibility index (Phi) is 2.97. The first-order valence-corrected chi connectivity index (χ1v) is 4.67. The van der Waals surface area contributed by atoms with Gasteiger partial charge in [-0.25, -0.2) is 0 Å². The zero-order valence-electron chi connectivity index (χ0n) is 9.27. The lowest BCUT2D eigenvalue weighted by molar-refractivity contribution is -0.387. The number of nitrogens with one attached hydrogen (secondary N) is 1. The molecule has 0 spiro atoms. The fourth-order valence-corrected chi connectivity index (χ4v) is 1.25. The van der Waals surface area contributed by atoms with Gasteiger partial charge in [0.15, 0.2) is 0 Å². The average molecular weight is 227 g/mol. The molecule has 0 aliphatic carbocycles. The van der Waals surface area contributed by atoms with E-state index in [1.807, 2.05) is 20.8 Å². The summed E-state index contributed by atoms with van der Waals surface area (Å²) in [6, 6.07) is 0. The normalized spacial score (nSPS) is 11.4. The van der Waals surface area contributed by atoms with Crippen molar-refractivity contribution in [2.75, 3.05) is 0 Å². The zero-order chi connectivity index (χ0) is 12.5. The zero-order valence-corrected chi connectivity index (χ0v) is 9.27. The molecular weight excluding hydrogens is 214 g/mol. The monoisotopic (exact) mass is 227 g/mol. The summed E-state index contributed by atoms with van der Waals surface area (Å²) in [5.41, 5.74) is -1.99. The lowest BCUT2D eigenvalue weighted by Gasteiger charge is -2.16. The van der Waals surface area contributed by atoms with Crippen molar-refractivity contribution in [3.8, 4) is 5.88 Å². The van der Waals surface area contributed by atoms with Gasteiger partial charge < -0.3 is 10.1 Å². The molecule has 88 valence electrons. The maximum atomic E-state index is 11.3. The summed E-state index contributed by atoms with van der Waals surface area (Å²) in [4.78, 5) is 26.6. The number of nitro groups is 1. The first kappa shape index (κ1) is 12.2. The van der Waals surface area contributed by atoms with Gasteiger partial charge in [0.25, 0.3) is 5.88 Å². The van der Waals surface area contributed by atoms with Crippen molar-refractivity contribution in [2.45, 2.75) is 27.2 Å². The molecule has 0 aliphatic heterocycles. The minimum atomic E-state index is -0.956. The van der Waals surface area contributed by atoms with Crippen LogP contribution in [-0.4, -0.2) is 20.0 Å². The highest BCUT2D eigenvalue weighted by atomic mass is 16.6. The summed E-state index contributed by atoms with van der Waals surface area (Å²) in [7, 11) is 0. The van der Waals surface area contributed by atoms with Gasteiger partial charge in [-0.05, 0) is 5.41 Å². The first-order valence-electron chi connectivity index (χ1n) is 4.67. The van der Waals surface area contributed by atoms with Crippen molar-refractivity contribution < 1.29 is 10.0 Å². The van der Waals surface area contributed by atoms with Crippen LogP contribution in [0.25, 0.3) is 0 Å². The third-order valence-electron chi connectivity index (χ3n) is 1.81. The van der Waals surface area contributed by atoms with Gasteiger partial charge in [-0.15, -0.1) is 0 Å². The minimum absolute atomic E-state index is 0.140. The number of rotatable bonds is 2. The van der Waals surface area contributed by atoms with Crippen LogP contribution in [0.5, 0.6) is 5.88 Å². The van der Waals surface area contributed by atoms with E-state index < -0.39 is 22.0 Å². The maximum absolute atomic E-state index is 11.3. The summed E-state index contributed by atoms with van der Waals surface area (Å²) in [5.74, 6) is -0.603. The molecule has 7 heteroatoms. The number of aromatic hydroxyl groups is 1. The van der Waals surface area contributed by atoms with Gasteiger partial charge in [-0.3, -0.25) is 14.9 Å². The van der Waals surface area contributed by atoms with Crippen molar-refractivity contribution in [3.63, 3.8) is 0 Å². The van der Waals surface area contributed by atoms with Crippen molar-refractivity contribution >= 4 is 5.69 Å². The van der Waals surface area contributed by atoms with Crippen LogP contribution in [-0.2, 0) is 6.42 Å². The molecule has 16 heavy (non-hydrogen) atoms.